The van der Waals surface area contributed by atoms with Crippen LogP contribution in [0.2, 0.25) is 5.02 Å². The van der Waals surface area contributed by atoms with Gasteiger partial charge >= 0.3 is 0 Å². The van der Waals surface area contributed by atoms with Gasteiger partial charge in [-0.1, -0.05) is 23.7 Å². The number of halogens is 3. The van der Waals surface area contributed by atoms with Crippen molar-refractivity contribution in [3.63, 3.8) is 0 Å². The summed E-state index contributed by atoms with van der Waals surface area (Å²) in [4.78, 5) is 14.6. The first-order valence-corrected chi connectivity index (χ1v) is 13.0. The Morgan fingerprint density at radius 3 is 2.44 bits per heavy atom. The number of nitrogens with one attached hydrogen (secondary N) is 1. The van der Waals surface area contributed by atoms with Crippen molar-refractivity contribution in [2.45, 2.75) is 39.0 Å². The van der Waals surface area contributed by atoms with Crippen LogP contribution in [-0.2, 0) is 16.0 Å². The van der Waals surface area contributed by atoms with Crippen LogP contribution in [-0.4, -0.2) is 39.3 Å². The summed E-state index contributed by atoms with van der Waals surface area (Å²) >= 11 is 5.87. The number of ether oxygens (including phenoxy) is 1. The second-order valence-corrected chi connectivity index (χ2v) is 11.0. The molecular formula is C30H29ClF2N4O2. The van der Waals surface area contributed by atoms with Gasteiger partial charge in [-0.2, -0.15) is 5.10 Å². The zero-order valence-electron chi connectivity index (χ0n) is 21.9. The van der Waals surface area contributed by atoms with Crippen LogP contribution in [0.3, 0.4) is 0 Å². The fraction of sp³-hybridized carbons (Fsp3) is 0.267. The van der Waals surface area contributed by atoms with Crippen LogP contribution in [0.15, 0.2) is 72.9 Å². The Hall–Kier alpha value is -3.75. The number of nitrogens with zero attached hydrogens (tertiary/aromatic N) is 3. The van der Waals surface area contributed by atoms with E-state index in [1.807, 2.05) is 24.3 Å². The Morgan fingerprint density at radius 2 is 1.77 bits per heavy atom. The molecule has 2 heterocycles. The average Bonchev–Trinajstić information content (AvgIpc) is 3.48. The molecule has 1 amide bonds. The van der Waals surface area contributed by atoms with Crippen molar-refractivity contribution in [2.75, 3.05) is 18.5 Å². The first-order valence-electron chi connectivity index (χ1n) is 12.7. The smallest absolute Gasteiger partial charge is 0.250 e. The predicted molar refractivity (Wildman–Crippen MR) is 148 cm³/mol. The zero-order chi connectivity index (χ0) is 27.7. The highest BCUT2D eigenvalue weighted by Crippen LogP contribution is 2.36. The molecule has 3 aromatic carbocycles. The van der Waals surface area contributed by atoms with Crippen molar-refractivity contribution < 1.29 is 18.3 Å². The molecule has 0 radical (unpaired) electrons. The van der Waals surface area contributed by atoms with E-state index < -0.39 is 12.0 Å². The molecule has 1 aliphatic heterocycles. The molecule has 1 fully saturated rings. The molecule has 39 heavy (non-hydrogen) atoms. The van der Waals surface area contributed by atoms with Gasteiger partial charge in [0, 0.05) is 41.2 Å². The monoisotopic (exact) mass is 550 g/mol. The largest absolute Gasteiger partial charge is 0.380 e. The lowest BCUT2D eigenvalue weighted by molar-refractivity contribution is -0.128. The number of hydrogen-bond donors (Lipinski definition) is 1. The molecule has 1 saturated heterocycles. The highest BCUT2D eigenvalue weighted by atomic mass is 35.5. The van der Waals surface area contributed by atoms with Gasteiger partial charge in [-0.25, -0.2) is 13.5 Å². The van der Waals surface area contributed by atoms with Crippen molar-refractivity contribution in [1.82, 2.24) is 14.7 Å². The summed E-state index contributed by atoms with van der Waals surface area (Å²) in [6.45, 7) is 6.67. The zero-order valence-corrected chi connectivity index (χ0v) is 22.7. The Balaban J connectivity index is 1.44. The number of amides is 1. The van der Waals surface area contributed by atoms with Gasteiger partial charge in [0.15, 0.2) is 6.23 Å². The molecule has 1 unspecified atom stereocenters. The molecular weight excluding hydrogens is 522 g/mol. The van der Waals surface area contributed by atoms with Crippen LogP contribution in [0.5, 0.6) is 0 Å². The highest BCUT2D eigenvalue weighted by molar-refractivity contribution is 6.30. The van der Waals surface area contributed by atoms with E-state index in [0.717, 1.165) is 11.3 Å². The molecule has 1 atom stereocenters. The number of carbonyl (C=O) groups excluding carboxylic acids is 1. The first-order chi connectivity index (χ1) is 18.6. The molecule has 0 spiro atoms. The molecule has 5 rings (SSSR count). The summed E-state index contributed by atoms with van der Waals surface area (Å²) in [6.07, 6.45) is 1.64. The minimum atomic E-state index is -0.703. The van der Waals surface area contributed by atoms with Gasteiger partial charge in [-0.15, -0.1) is 0 Å². The molecule has 0 aliphatic carbocycles. The number of benzene rings is 3. The van der Waals surface area contributed by atoms with Gasteiger partial charge in [0.25, 0.3) is 5.91 Å². The fourth-order valence-electron chi connectivity index (χ4n) is 4.55. The van der Waals surface area contributed by atoms with Gasteiger partial charge in [-0.05, 0) is 81.3 Å². The maximum Gasteiger partial charge on any atom is 0.250 e. The molecule has 9 heteroatoms. The predicted octanol–water partition coefficient (Wildman–Crippen LogP) is 6.78. The van der Waals surface area contributed by atoms with Crippen molar-refractivity contribution in [1.29, 1.82) is 0 Å². The number of rotatable bonds is 7. The van der Waals surface area contributed by atoms with Gasteiger partial charge < -0.3 is 15.0 Å². The second kappa shape index (κ2) is 10.8. The summed E-state index contributed by atoms with van der Waals surface area (Å²) in [6, 6.07) is 18.4. The van der Waals surface area contributed by atoms with Gasteiger partial charge in [-0.3, -0.25) is 4.79 Å². The van der Waals surface area contributed by atoms with Crippen molar-refractivity contribution in [3.05, 3.63) is 101 Å². The Labute approximate surface area is 231 Å². The molecule has 0 bridgehead atoms. The van der Waals surface area contributed by atoms with Crippen LogP contribution in [0.1, 0.15) is 38.1 Å². The van der Waals surface area contributed by atoms with Crippen LogP contribution in [0, 0.1) is 11.6 Å². The standard InChI is InChI=1S/C30H29ClF2N4O2/c1-30(2,3)34-22-10-4-19(5-11-22)14-15-36-27(38)18-39-29(36)24-17-37(23-12-13-25(31)26(33)16-23)35-28(24)20-6-8-21(32)9-7-20/h4-13,16-17,29,34H,14-15,18H2,1-3H3. The number of aromatic nitrogens is 2. The van der Waals surface area contributed by atoms with Gasteiger partial charge in [0.2, 0.25) is 0 Å². The molecule has 1 N–H and O–H groups in total. The molecule has 0 saturated carbocycles. The number of anilines is 1. The van der Waals surface area contributed by atoms with Crippen LogP contribution in [0.4, 0.5) is 14.5 Å². The van der Waals surface area contributed by atoms with Crippen molar-refractivity contribution in [2.24, 2.45) is 0 Å². The van der Waals surface area contributed by atoms with E-state index in [2.05, 4.69) is 31.2 Å². The Kier molecular flexibility index (Phi) is 7.42. The molecule has 6 nitrogen and oxygen atoms in total. The minimum Gasteiger partial charge on any atom is -0.380 e. The lowest BCUT2D eigenvalue weighted by Crippen LogP contribution is -2.30. The minimum absolute atomic E-state index is 0.00278. The molecule has 4 aromatic rings. The summed E-state index contributed by atoms with van der Waals surface area (Å²) in [5, 5.41) is 8.12. The van der Waals surface area contributed by atoms with Crippen molar-refractivity contribution >= 4 is 23.2 Å². The topological polar surface area (TPSA) is 59.4 Å². The summed E-state index contributed by atoms with van der Waals surface area (Å²) in [5.74, 6) is -1.09. The summed E-state index contributed by atoms with van der Waals surface area (Å²) < 4.78 is 35.4. The lowest BCUT2D eigenvalue weighted by Gasteiger charge is -2.24. The Morgan fingerprint density at radius 1 is 1.05 bits per heavy atom. The molecule has 1 aliphatic rings. The van der Waals surface area contributed by atoms with E-state index in [1.165, 1.54) is 28.9 Å². The number of carbonyl (C=O) groups is 1. The van der Waals surface area contributed by atoms with Crippen molar-refractivity contribution in [3.8, 4) is 16.9 Å². The third-order valence-electron chi connectivity index (χ3n) is 6.38. The Bertz CT molecular complexity index is 1480. The molecule has 1 aromatic heterocycles. The van der Waals surface area contributed by atoms with E-state index in [-0.39, 0.29) is 28.9 Å². The quantitative estimate of drug-likeness (QED) is 0.275. The fourth-order valence-corrected chi connectivity index (χ4v) is 4.67. The molecule has 202 valence electrons. The van der Waals surface area contributed by atoms with Crippen LogP contribution < -0.4 is 5.32 Å². The van der Waals surface area contributed by atoms with E-state index in [9.17, 15) is 13.6 Å². The van der Waals surface area contributed by atoms with Crippen LogP contribution >= 0.6 is 11.6 Å². The van der Waals surface area contributed by atoms with Gasteiger partial charge in [0.1, 0.15) is 23.9 Å². The van der Waals surface area contributed by atoms with E-state index in [4.69, 9.17) is 16.3 Å². The average molecular weight is 551 g/mol. The summed E-state index contributed by atoms with van der Waals surface area (Å²) in [5.41, 5.74) is 4.29. The van der Waals surface area contributed by atoms with E-state index in [1.54, 1.807) is 29.3 Å². The maximum atomic E-state index is 14.2. The van der Waals surface area contributed by atoms with Gasteiger partial charge in [0.05, 0.1) is 10.7 Å². The normalized spacial score (nSPS) is 15.7. The third kappa shape index (κ3) is 6.13. The maximum absolute atomic E-state index is 14.2. The SMILES string of the molecule is CC(C)(C)Nc1ccc(CCN2C(=O)COC2c2cn(-c3ccc(Cl)c(F)c3)nc2-c2ccc(F)cc2)cc1. The lowest BCUT2D eigenvalue weighted by atomic mass is 10.1. The second-order valence-electron chi connectivity index (χ2n) is 10.6. The third-order valence-corrected chi connectivity index (χ3v) is 6.68. The first kappa shape index (κ1) is 26.8. The van der Waals surface area contributed by atoms with E-state index in [0.29, 0.717) is 35.5 Å². The summed E-state index contributed by atoms with van der Waals surface area (Å²) in [7, 11) is 0. The highest BCUT2D eigenvalue weighted by Gasteiger charge is 2.36. The number of hydrogen-bond acceptors (Lipinski definition) is 4. The van der Waals surface area contributed by atoms with Crippen LogP contribution in [0.25, 0.3) is 16.9 Å². The van der Waals surface area contributed by atoms with E-state index >= 15 is 0 Å².